The van der Waals surface area contributed by atoms with Gasteiger partial charge in [-0.15, -0.1) is 0 Å². The second-order valence-electron chi connectivity index (χ2n) is 6.30. The Hall–Kier alpha value is -3.31. The van der Waals surface area contributed by atoms with Gasteiger partial charge in [-0.1, -0.05) is 54.1 Å². The number of benzene rings is 3. The van der Waals surface area contributed by atoms with E-state index in [1.54, 1.807) is 43.3 Å². The fourth-order valence-corrected chi connectivity index (χ4v) is 2.66. The highest BCUT2D eigenvalue weighted by Gasteiger charge is 2.13. The summed E-state index contributed by atoms with van der Waals surface area (Å²) in [6.45, 7) is 2.15. The predicted octanol–water partition coefficient (Wildman–Crippen LogP) is 4.84. The molecule has 0 fully saturated rings. The van der Waals surface area contributed by atoms with Gasteiger partial charge < -0.3 is 9.47 Å². The molecule has 0 unspecified atom stereocenters. The third-order valence-corrected chi connectivity index (χ3v) is 4.23. The maximum Gasteiger partial charge on any atom is 0.280 e. The SMILES string of the molecule is C[C@H](Oc1ccc(OCc2ccccc2)cc1)C(=O)N/N=C\c1cccc(Cl)c1. The largest absolute Gasteiger partial charge is 0.489 e. The van der Waals surface area contributed by atoms with Gasteiger partial charge in [0.05, 0.1) is 6.21 Å². The number of nitrogens with zero attached hydrogens (tertiary/aromatic N) is 1. The van der Waals surface area contributed by atoms with E-state index in [1.165, 1.54) is 6.21 Å². The summed E-state index contributed by atoms with van der Waals surface area (Å²) in [5.74, 6) is 0.940. The van der Waals surface area contributed by atoms with Crippen LogP contribution in [-0.2, 0) is 11.4 Å². The lowest BCUT2D eigenvalue weighted by Gasteiger charge is -2.13. The average Bonchev–Trinajstić information content (AvgIpc) is 2.74. The standard InChI is InChI=1S/C23H21ClN2O3/c1-17(23(27)26-25-15-19-8-5-9-20(24)14-19)29-22-12-10-21(11-13-22)28-16-18-6-3-2-4-7-18/h2-15,17H,16H2,1H3,(H,26,27)/b25-15-/t17-/m0/s1. The van der Waals surface area contributed by atoms with Crippen LogP contribution in [0.15, 0.2) is 84.0 Å². The minimum absolute atomic E-state index is 0.354. The van der Waals surface area contributed by atoms with E-state index in [1.807, 2.05) is 42.5 Å². The highest BCUT2D eigenvalue weighted by Crippen LogP contribution is 2.19. The van der Waals surface area contributed by atoms with Gasteiger partial charge in [0.1, 0.15) is 18.1 Å². The second kappa shape index (κ2) is 10.3. The van der Waals surface area contributed by atoms with E-state index in [4.69, 9.17) is 21.1 Å². The van der Waals surface area contributed by atoms with Crippen LogP contribution in [-0.4, -0.2) is 18.2 Å². The molecule has 0 spiro atoms. The summed E-state index contributed by atoms with van der Waals surface area (Å²) < 4.78 is 11.4. The van der Waals surface area contributed by atoms with E-state index in [-0.39, 0.29) is 5.91 Å². The molecule has 1 N–H and O–H groups in total. The van der Waals surface area contributed by atoms with Crippen LogP contribution < -0.4 is 14.9 Å². The van der Waals surface area contributed by atoms with Crippen molar-refractivity contribution in [1.29, 1.82) is 0 Å². The molecule has 0 aromatic heterocycles. The molecule has 1 atom stereocenters. The Balaban J connectivity index is 1.46. The Kier molecular flexibility index (Phi) is 7.25. The number of ether oxygens (including phenoxy) is 2. The summed E-state index contributed by atoms with van der Waals surface area (Å²) in [7, 11) is 0. The van der Waals surface area contributed by atoms with Gasteiger partial charge in [-0.2, -0.15) is 5.10 Å². The first-order valence-corrected chi connectivity index (χ1v) is 9.50. The maximum atomic E-state index is 12.1. The van der Waals surface area contributed by atoms with Crippen LogP contribution >= 0.6 is 11.6 Å². The molecule has 148 valence electrons. The maximum absolute atomic E-state index is 12.1. The van der Waals surface area contributed by atoms with Crippen molar-refractivity contribution in [2.75, 3.05) is 0 Å². The third kappa shape index (κ3) is 6.66. The molecule has 5 nitrogen and oxygen atoms in total. The molecule has 3 rings (SSSR count). The number of hydrogen-bond acceptors (Lipinski definition) is 4. The predicted molar refractivity (Wildman–Crippen MR) is 114 cm³/mol. The van der Waals surface area contributed by atoms with E-state index in [0.29, 0.717) is 17.4 Å². The Labute approximate surface area is 174 Å². The van der Waals surface area contributed by atoms with Crippen LogP contribution in [0.4, 0.5) is 0 Å². The van der Waals surface area contributed by atoms with Gasteiger partial charge in [0, 0.05) is 5.02 Å². The smallest absolute Gasteiger partial charge is 0.280 e. The lowest BCUT2D eigenvalue weighted by Crippen LogP contribution is -2.33. The number of nitrogens with one attached hydrogen (secondary N) is 1. The number of hydrazone groups is 1. The topological polar surface area (TPSA) is 59.9 Å². The van der Waals surface area contributed by atoms with Gasteiger partial charge in [0.2, 0.25) is 0 Å². The number of hydrogen-bond donors (Lipinski definition) is 1. The van der Waals surface area contributed by atoms with Crippen LogP contribution in [0.1, 0.15) is 18.1 Å². The van der Waals surface area contributed by atoms with Crippen LogP contribution in [0.5, 0.6) is 11.5 Å². The van der Waals surface area contributed by atoms with E-state index in [2.05, 4.69) is 10.5 Å². The number of carbonyl (C=O) groups is 1. The zero-order valence-corrected chi connectivity index (χ0v) is 16.7. The molecule has 0 aliphatic carbocycles. The molecule has 3 aromatic carbocycles. The summed E-state index contributed by atoms with van der Waals surface area (Å²) in [6, 6.07) is 24.2. The molecular weight excluding hydrogens is 388 g/mol. The molecule has 3 aromatic rings. The van der Waals surface area contributed by atoms with Gasteiger partial charge >= 0.3 is 0 Å². The number of halogens is 1. The van der Waals surface area contributed by atoms with Crippen molar-refractivity contribution in [2.24, 2.45) is 5.10 Å². The van der Waals surface area contributed by atoms with Crippen LogP contribution in [0, 0.1) is 0 Å². The molecule has 29 heavy (non-hydrogen) atoms. The summed E-state index contributed by atoms with van der Waals surface area (Å²) in [5.41, 5.74) is 4.34. The van der Waals surface area contributed by atoms with Gasteiger partial charge in [-0.05, 0) is 54.4 Å². The quantitative estimate of drug-likeness (QED) is 0.428. The lowest BCUT2D eigenvalue weighted by molar-refractivity contribution is -0.127. The Bertz CT molecular complexity index is 959. The van der Waals surface area contributed by atoms with Crippen molar-refractivity contribution < 1.29 is 14.3 Å². The van der Waals surface area contributed by atoms with E-state index < -0.39 is 6.10 Å². The zero-order valence-electron chi connectivity index (χ0n) is 15.9. The fourth-order valence-electron chi connectivity index (χ4n) is 2.46. The average molecular weight is 409 g/mol. The van der Waals surface area contributed by atoms with Crippen LogP contribution in [0.25, 0.3) is 0 Å². The number of carbonyl (C=O) groups excluding carboxylic acids is 1. The molecule has 0 heterocycles. The van der Waals surface area contributed by atoms with Gasteiger partial charge in [-0.25, -0.2) is 5.43 Å². The van der Waals surface area contributed by atoms with E-state index in [0.717, 1.165) is 16.9 Å². The third-order valence-electron chi connectivity index (χ3n) is 3.99. The molecule has 0 bridgehead atoms. The van der Waals surface area contributed by atoms with Crippen molar-refractivity contribution >= 4 is 23.7 Å². The molecule has 0 saturated carbocycles. The molecular formula is C23H21ClN2O3. The molecule has 0 saturated heterocycles. The first-order valence-electron chi connectivity index (χ1n) is 9.12. The first kappa shape index (κ1) is 20.4. The van der Waals surface area contributed by atoms with Gasteiger partial charge in [-0.3, -0.25) is 4.79 Å². The zero-order chi connectivity index (χ0) is 20.5. The van der Waals surface area contributed by atoms with Crippen LogP contribution in [0.3, 0.4) is 0 Å². The summed E-state index contributed by atoms with van der Waals surface area (Å²) in [5, 5.41) is 4.53. The van der Waals surface area contributed by atoms with Gasteiger partial charge in [0.25, 0.3) is 5.91 Å². The highest BCUT2D eigenvalue weighted by molar-refractivity contribution is 6.30. The fraction of sp³-hybridized carbons (Fsp3) is 0.130. The minimum Gasteiger partial charge on any atom is -0.489 e. The Morgan fingerprint density at radius 2 is 1.76 bits per heavy atom. The number of rotatable bonds is 8. The molecule has 0 radical (unpaired) electrons. The van der Waals surface area contributed by atoms with Crippen molar-refractivity contribution in [2.45, 2.75) is 19.6 Å². The Morgan fingerprint density at radius 3 is 2.48 bits per heavy atom. The number of amides is 1. The second-order valence-corrected chi connectivity index (χ2v) is 6.73. The van der Waals surface area contributed by atoms with Crippen molar-refractivity contribution in [1.82, 2.24) is 5.43 Å². The normalized spacial score (nSPS) is 11.8. The van der Waals surface area contributed by atoms with Crippen molar-refractivity contribution in [3.8, 4) is 11.5 Å². The van der Waals surface area contributed by atoms with Crippen molar-refractivity contribution in [3.63, 3.8) is 0 Å². The van der Waals surface area contributed by atoms with E-state index in [9.17, 15) is 4.79 Å². The summed E-state index contributed by atoms with van der Waals surface area (Å²) >= 11 is 5.91. The molecule has 6 heteroatoms. The molecule has 0 aliphatic rings. The lowest BCUT2D eigenvalue weighted by atomic mass is 10.2. The highest BCUT2D eigenvalue weighted by atomic mass is 35.5. The molecule has 1 amide bonds. The van der Waals surface area contributed by atoms with Crippen LogP contribution in [0.2, 0.25) is 5.02 Å². The van der Waals surface area contributed by atoms with E-state index >= 15 is 0 Å². The summed E-state index contributed by atoms with van der Waals surface area (Å²) in [6.07, 6.45) is 0.817. The van der Waals surface area contributed by atoms with Gasteiger partial charge in [0.15, 0.2) is 6.10 Å². The Morgan fingerprint density at radius 1 is 1.03 bits per heavy atom. The first-order chi connectivity index (χ1) is 14.1. The minimum atomic E-state index is -0.706. The monoisotopic (exact) mass is 408 g/mol. The summed E-state index contributed by atoms with van der Waals surface area (Å²) in [4.78, 5) is 12.1. The van der Waals surface area contributed by atoms with Crippen molar-refractivity contribution in [3.05, 3.63) is 95.0 Å². The molecule has 0 aliphatic heterocycles.